The van der Waals surface area contributed by atoms with E-state index in [0.717, 1.165) is 17.1 Å². The second-order valence-electron chi connectivity index (χ2n) is 5.57. The highest BCUT2D eigenvalue weighted by atomic mass is 16.5. The van der Waals surface area contributed by atoms with E-state index >= 15 is 0 Å². The number of fused-ring (bicyclic) bond motifs is 1. The third-order valence-corrected chi connectivity index (χ3v) is 3.95. The monoisotopic (exact) mass is 288 g/mol. The van der Waals surface area contributed by atoms with E-state index in [0.29, 0.717) is 18.0 Å². The topological polar surface area (TPSA) is 73.6 Å². The van der Waals surface area contributed by atoms with Crippen molar-refractivity contribution in [2.45, 2.75) is 18.9 Å². The van der Waals surface area contributed by atoms with Crippen LogP contribution in [0.15, 0.2) is 23.8 Å². The van der Waals surface area contributed by atoms with Crippen LogP contribution in [0.1, 0.15) is 18.4 Å². The van der Waals surface area contributed by atoms with Gasteiger partial charge in [-0.1, -0.05) is 0 Å². The molecule has 3 N–H and O–H groups in total. The van der Waals surface area contributed by atoms with Crippen LogP contribution >= 0.6 is 0 Å². The Labute approximate surface area is 124 Å². The fourth-order valence-corrected chi connectivity index (χ4v) is 2.43. The minimum absolute atomic E-state index is 0.0615. The molecule has 5 heteroatoms. The zero-order valence-electron chi connectivity index (χ0n) is 12.1. The summed E-state index contributed by atoms with van der Waals surface area (Å²) in [4.78, 5) is 12.2. The first-order chi connectivity index (χ1) is 10.2. The van der Waals surface area contributed by atoms with Crippen LogP contribution in [0.5, 0.6) is 11.5 Å². The molecule has 1 heterocycles. The van der Waals surface area contributed by atoms with Crippen LogP contribution in [0.2, 0.25) is 0 Å². The van der Waals surface area contributed by atoms with E-state index in [1.165, 1.54) is 12.8 Å². The summed E-state index contributed by atoms with van der Waals surface area (Å²) in [6.45, 7) is 0.801. The summed E-state index contributed by atoms with van der Waals surface area (Å²) in [6, 6.07) is 5.61. The summed E-state index contributed by atoms with van der Waals surface area (Å²) in [5.74, 6) is 1.97. The number of amides is 1. The van der Waals surface area contributed by atoms with E-state index in [9.17, 15) is 4.79 Å². The summed E-state index contributed by atoms with van der Waals surface area (Å²) >= 11 is 0. The van der Waals surface area contributed by atoms with Gasteiger partial charge in [-0.05, 0) is 43.0 Å². The van der Waals surface area contributed by atoms with Crippen molar-refractivity contribution in [2.24, 2.45) is 11.7 Å². The number of nitrogens with one attached hydrogen (secondary N) is 1. The highest BCUT2D eigenvalue weighted by Crippen LogP contribution is 2.31. The number of rotatable bonds is 5. The van der Waals surface area contributed by atoms with Crippen molar-refractivity contribution in [3.63, 3.8) is 0 Å². The van der Waals surface area contributed by atoms with Crippen LogP contribution in [0.3, 0.4) is 0 Å². The zero-order valence-corrected chi connectivity index (χ0v) is 12.1. The lowest BCUT2D eigenvalue weighted by molar-refractivity contribution is -0.117. The van der Waals surface area contributed by atoms with Gasteiger partial charge in [0.25, 0.3) is 5.91 Å². The van der Waals surface area contributed by atoms with Crippen LogP contribution in [0.4, 0.5) is 0 Å². The van der Waals surface area contributed by atoms with E-state index in [-0.39, 0.29) is 18.6 Å². The van der Waals surface area contributed by atoms with Crippen molar-refractivity contribution >= 4 is 12.0 Å². The lowest BCUT2D eigenvalue weighted by Crippen LogP contribution is -2.40. The predicted octanol–water partition coefficient (Wildman–Crippen LogP) is 1.32. The number of hydrogen-bond donors (Lipinski definition) is 2. The van der Waals surface area contributed by atoms with Gasteiger partial charge in [-0.15, -0.1) is 0 Å². The minimum Gasteiger partial charge on any atom is -0.497 e. The Morgan fingerprint density at radius 1 is 1.52 bits per heavy atom. The van der Waals surface area contributed by atoms with Gasteiger partial charge in [0.1, 0.15) is 18.1 Å². The normalized spacial score (nSPS) is 18.1. The van der Waals surface area contributed by atoms with Gasteiger partial charge in [0.2, 0.25) is 0 Å². The third kappa shape index (κ3) is 3.19. The summed E-state index contributed by atoms with van der Waals surface area (Å²) in [6.07, 6.45) is 4.20. The molecule has 1 aliphatic heterocycles. The highest BCUT2D eigenvalue weighted by Gasteiger charge is 2.28. The SMILES string of the molecule is COc1ccc2c(c1)C=C(C(=O)NCC(N)C1CC1)CO2. The van der Waals surface area contributed by atoms with Gasteiger partial charge in [-0.3, -0.25) is 4.79 Å². The molecule has 3 rings (SSSR count). The molecule has 21 heavy (non-hydrogen) atoms. The quantitative estimate of drug-likeness (QED) is 0.857. The molecule has 0 aromatic heterocycles. The average molecular weight is 288 g/mol. The average Bonchev–Trinajstić information content (AvgIpc) is 3.36. The molecule has 1 aromatic carbocycles. The van der Waals surface area contributed by atoms with Crippen molar-refractivity contribution in [1.82, 2.24) is 5.32 Å². The maximum Gasteiger partial charge on any atom is 0.250 e. The smallest absolute Gasteiger partial charge is 0.250 e. The second kappa shape index (κ2) is 5.77. The van der Waals surface area contributed by atoms with Crippen molar-refractivity contribution in [1.29, 1.82) is 0 Å². The van der Waals surface area contributed by atoms with Gasteiger partial charge in [-0.25, -0.2) is 0 Å². The molecule has 5 nitrogen and oxygen atoms in total. The standard InChI is InChI=1S/C16H20N2O3/c1-20-13-4-5-15-11(7-13)6-12(9-21-15)16(19)18-8-14(17)10-2-3-10/h4-7,10,14H,2-3,8-9,17H2,1H3,(H,18,19). The Kier molecular flexibility index (Phi) is 3.84. The molecule has 1 unspecified atom stereocenters. The number of carbonyl (C=O) groups excluding carboxylic acids is 1. The molecule has 1 amide bonds. The molecule has 2 aliphatic rings. The summed E-state index contributed by atoms with van der Waals surface area (Å²) < 4.78 is 10.8. The lowest BCUT2D eigenvalue weighted by Gasteiger charge is -2.19. The molecule has 0 radical (unpaired) electrons. The van der Waals surface area contributed by atoms with E-state index in [4.69, 9.17) is 15.2 Å². The zero-order chi connectivity index (χ0) is 14.8. The third-order valence-electron chi connectivity index (χ3n) is 3.95. The van der Waals surface area contributed by atoms with Gasteiger partial charge in [-0.2, -0.15) is 0 Å². The summed E-state index contributed by atoms with van der Waals surface area (Å²) in [7, 11) is 1.61. The molecule has 0 spiro atoms. The van der Waals surface area contributed by atoms with Crippen molar-refractivity contribution in [3.05, 3.63) is 29.3 Å². The summed E-state index contributed by atoms with van der Waals surface area (Å²) in [5.41, 5.74) is 7.46. The van der Waals surface area contributed by atoms with Gasteiger partial charge in [0.05, 0.1) is 12.7 Å². The van der Waals surface area contributed by atoms with E-state index in [1.54, 1.807) is 7.11 Å². The fourth-order valence-electron chi connectivity index (χ4n) is 2.43. The highest BCUT2D eigenvalue weighted by molar-refractivity contribution is 5.99. The molecule has 1 saturated carbocycles. The van der Waals surface area contributed by atoms with Gasteiger partial charge in [0.15, 0.2) is 0 Å². The van der Waals surface area contributed by atoms with Crippen molar-refractivity contribution < 1.29 is 14.3 Å². The molecule has 112 valence electrons. The fraction of sp³-hybridized carbons (Fsp3) is 0.438. The Bertz CT molecular complexity index is 579. The molecular formula is C16H20N2O3. The number of benzene rings is 1. The molecule has 1 aromatic rings. The number of methoxy groups -OCH3 is 1. The van der Waals surface area contributed by atoms with E-state index in [2.05, 4.69) is 5.32 Å². The molecule has 1 atom stereocenters. The predicted molar refractivity (Wildman–Crippen MR) is 80.2 cm³/mol. The second-order valence-corrected chi connectivity index (χ2v) is 5.57. The Hall–Kier alpha value is -2.01. The van der Waals surface area contributed by atoms with Crippen LogP contribution < -0.4 is 20.5 Å². The number of carbonyl (C=O) groups is 1. The lowest BCUT2D eigenvalue weighted by atomic mass is 10.1. The van der Waals surface area contributed by atoms with Crippen LogP contribution in [0, 0.1) is 5.92 Å². The molecule has 1 fully saturated rings. The minimum atomic E-state index is -0.112. The Morgan fingerprint density at radius 2 is 2.33 bits per heavy atom. The first-order valence-corrected chi connectivity index (χ1v) is 7.22. The molecular weight excluding hydrogens is 268 g/mol. The maximum atomic E-state index is 12.2. The Balaban J connectivity index is 1.67. The maximum absolute atomic E-state index is 12.2. The van der Waals surface area contributed by atoms with Gasteiger partial charge < -0.3 is 20.5 Å². The van der Waals surface area contributed by atoms with Crippen LogP contribution in [-0.4, -0.2) is 32.2 Å². The van der Waals surface area contributed by atoms with E-state index in [1.807, 2.05) is 24.3 Å². The number of ether oxygens (including phenoxy) is 2. The Morgan fingerprint density at radius 3 is 3.05 bits per heavy atom. The molecule has 1 aliphatic carbocycles. The molecule has 0 saturated heterocycles. The number of hydrogen-bond acceptors (Lipinski definition) is 4. The van der Waals surface area contributed by atoms with E-state index < -0.39 is 0 Å². The first-order valence-electron chi connectivity index (χ1n) is 7.22. The van der Waals surface area contributed by atoms with Gasteiger partial charge in [0, 0.05) is 18.2 Å². The summed E-state index contributed by atoms with van der Waals surface area (Å²) in [5, 5.41) is 2.89. The van der Waals surface area contributed by atoms with Gasteiger partial charge >= 0.3 is 0 Å². The van der Waals surface area contributed by atoms with Crippen LogP contribution in [0.25, 0.3) is 6.08 Å². The largest absolute Gasteiger partial charge is 0.497 e. The molecule has 0 bridgehead atoms. The van der Waals surface area contributed by atoms with Crippen LogP contribution in [-0.2, 0) is 4.79 Å². The first kappa shape index (κ1) is 13.9. The van der Waals surface area contributed by atoms with Crippen molar-refractivity contribution in [3.8, 4) is 11.5 Å². The number of nitrogens with two attached hydrogens (primary N) is 1. The van der Waals surface area contributed by atoms with Crippen molar-refractivity contribution in [2.75, 3.05) is 20.3 Å².